The molecule has 0 bridgehead atoms. The third-order valence-electron chi connectivity index (χ3n) is 5.15. The maximum Gasteiger partial charge on any atom is 0.408 e. The summed E-state index contributed by atoms with van der Waals surface area (Å²) in [5.74, 6) is -0.386. The fraction of sp³-hybridized carbons (Fsp3) is 0.348. The normalized spacial score (nSPS) is 11.9. The summed E-state index contributed by atoms with van der Waals surface area (Å²) in [7, 11) is -4.22. The van der Waals surface area contributed by atoms with Gasteiger partial charge in [-0.2, -0.15) is 0 Å². The van der Waals surface area contributed by atoms with E-state index in [1.54, 1.807) is 0 Å². The highest BCUT2D eigenvalue weighted by atomic mass is 32.2. The first-order chi connectivity index (χ1) is 15.3. The summed E-state index contributed by atoms with van der Waals surface area (Å²) in [4.78, 5) is 2.31. The monoisotopic (exact) mass is 472 g/mol. The summed E-state index contributed by atoms with van der Waals surface area (Å²) in [5.41, 5.74) is 5.16. The van der Waals surface area contributed by atoms with Crippen molar-refractivity contribution in [2.45, 2.75) is 40.3 Å². The number of nitrogens with zero attached hydrogens (tertiary/aromatic N) is 4. The molecule has 0 radical (unpaired) electrons. The zero-order chi connectivity index (χ0) is 23.1. The molecule has 0 amide bonds. The minimum atomic E-state index is -4.22. The van der Waals surface area contributed by atoms with E-state index in [1.807, 2.05) is 35.9 Å². The fourth-order valence-electron chi connectivity index (χ4n) is 3.40. The number of hydrogen-bond donors (Lipinski definition) is 0. The molecule has 3 rings (SSSR count). The lowest BCUT2D eigenvalue weighted by Crippen LogP contribution is -2.35. The van der Waals surface area contributed by atoms with Gasteiger partial charge in [0.05, 0.1) is 21.8 Å². The second-order valence-corrected chi connectivity index (χ2v) is 9.96. The van der Waals surface area contributed by atoms with Gasteiger partial charge in [-0.15, -0.1) is 0 Å². The molecule has 0 fully saturated rings. The summed E-state index contributed by atoms with van der Waals surface area (Å²) >= 11 is 1.44. The van der Waals surface area contributed by atoms with Gasteiger partial charge in [0.1, 0.15) is 11.4 Å². The number of thiazole rings is 1. The van der Waals surface area contributed by atoms with Crippen LogP contribution in [0.15, 0.2) is 64.1 Å². The van der Waals surface area contributed by atoms with Gasteiger partial charge in [-0.25, -0.2) is 13.0 Å². The Morgan fingerprint density at radius 3 is 2.50 bits per heavy atom. The molecule has 0 unspecified atom stereocenters. The SMILES string of the molecule is CCN(Cc1ccccc1)c1ccc(N=Nc2scc(C)[n+]2CCCS(=O)(=O)[O-])c(C)c1. The summed E-state index contributed by atoms with van der Waals surface area (Å²) < 4.78 is 34.5. The van der Waals surface area contributed by atoms with Gasteiger partial charge in [0, 0.05) is 29.9 Å². The van der Waals surface area contributed by atoms with Gasteiger partial charge < -0.3 is 9.45 Å². The number of azo groups is 1. The number of aryl methyl sites for hydroxylation is 2. The molecule has 2 aromatic carbocycles. The maximum absolute atomic E-state index is 10.9. The average molecular weight is 473 g/mol. The van der Waals surface area contributed by atoms with Gasteiger partial charge in [0.25, 0.3) is 0 Å². The fourth-order valence-corrected chi connectivity index (χ4v) is 4.74. The zero-order valence-corrected chi connectivity index (χ0v) is 20.2. The number of rotatable bonds is 10. The van der Waals surface area contributed by atoms with E-state index in [9.17, 15) is 13.0 Å². The lowest BCUT2D eigenvalue weighted by molar-refractivity contribution is -0.686. The predicted octanol–water partition coefficient (Wildman–Crippen LogP) is 5.03. The first-order valence-electron chi connectivity index (χ1n) is 10.5. The molecule has 3 aromatic rings. The second-order valence-electron chi connectivity index (χ2n) is 7.60. The predicted molar refractivity (Wildman–Crippen MR) is 127 cm³/mol. The number of benzene rings is 2. The van der Waals surface area contributed by atoms with Crippen LogP contribution in [0, 0.1) is 13.8 Å². The van der Waals surface area contributed by atoms with Crippen LogP contribution in [0.2, 0.25) is 0 Å². The van der Waals surface area contributed by atoms with Crippen LogP contribution in [-0.2, 0) is 23.2 Å². The van der Waals surface area contributed by atoms with E-state index in [0.717, 1.165) is 35.7 Å². The van der Waals surface area contributed by atoms with Crippen LogP contribution in [0.1, 0.15) is 30.2 Å². The average Bonchev–Trinajstić information content (AvgIpc) is 3.10. The lowest BCUT2D eigenvalue weighted by atomic mass is 10.1. The van der Waals surface area contributed by atoms with Gasteiger partial charge >= 0.3 is 5.13 Å². The van der Waals surface area contributed by atoms with E-state index in [-0.39, 0.29) is 12.2 Å². The lowest BCUT2D eigenvalue weighted by Gasteiger charge is -2.23. The number of aromatic nitrogens is 1. The molecule has 0 atom stereocenters. The molecule has 0 spiro atoms. The maximum atomic E-state index is 10.9. The number of hydrogen-bond acceptors (Lipinski definition) is 7. The van der Waals surface area contributed by atoms with Gasteiger partial charge in [0.15, 0.2) is 0 Å². The van der Waals surface area contributed by atoms with Gasteiger partial charge in [0.2, 0.25) is 0 Å². The van der Waals surface area contributed by atoms with Crippen LogP contribution in [0.25, 0.3) is 0 Å². The Morgan fingerprint density at radius 1 is 1.09 bits per heavy atom. The molecular weight excluding hydrogens is 444 g/mol. The topological polar surface area (TPSA) is 89.0 Å². The standard InChI is InChI=1S/C23H28N4O3S2/c1-4-26(16-20-9-6-5-7-10-20)21-11-12-22(18(2)15-21)24-25-23-27(19(3)17-31-23)13-8-14-32(28,29)30/h5-7,9-12,15,17H,4,8,13-14,16H2,1-3H3. The van der Waals surface area contributed by atoms with Gasteiger partial charge in [-0.1, -0.05) is 30.3 Å². The Labute approximate surface area is 193 Å². The summed E-state index contributed by atoms with van der Waals surface area (Å²) in [6, 6.07) is 16.5. The highest BCUT2D eigenvalue weighted by Crippen LogP contribution is 2.28. The van der Waals surface area contributed by atoms with Gasteiger partial charge in [-0.3, -0.25) is 0 Å². The van der Waals surface area contributed by atoms with Crippen molar-refractivity contribution in [2.75, 3.05) is 17.2 Å². The number of anilines is 1. The van der Waals surface area contributed by atoms with E-state index < -0.39 is 10.1 Å². The molecule has 7 nitrogen and oxygen atoms in total. The molecule has 9 heteroatoms. The highest BCUT2D eigenvalue weighted by molar-refractivity contribution is 7.85. The van der Waals surface area contributed by atoms with E-state index in [1.165, 1.54) is 16.9 Å². The molecular formula is C23H28N4O3S2. The van der Waals surface area contributed by atoms with E-state index >= 15 is 0 Å². The Hall–Kier alpha value is -2.62. The van der Waals surface area contributed by atoms with Crippen molar-refractivity contribution in [2.24, 2.45) is 10.2 Å². The van der Waals surface area contributed by atoms with Crippen molar-refractivity contribution in [1.82, 2.24) is 0 Å². The van der Waals surface area contributed by atoms with Crippen LogP contribution in [0.5, 0.6) is 0 Å². The molecule has 0 saturated heterocycles. The molecule has 0 aliphatic rings. The van der Waals surface area contributed by atoms with E-state index in [2.05, 4.69) is 58.5 Å². The molecule has 0 N–H and O–H groups in total. The molecule has 0 aliphatic carbocycles. The zero-order valence-electron chi connectivity index (χ0n) is 18.6. The minimum Gasteiger partial charge on any atom is -0.748 e. The summed E-state index contributed by atoms with van der Waals surface area (Å²) in [5, 5.41) is 11.5. The highest BCUT2D eigenvalue weighted by Gasteiger charge is 2.17. The molecule has 1 aromatic heterocycles. The Bertz CT molecular complexity index is 1180. The quantitative estimate of drug-likeness (QED) is 0.235. The molecule has 1 heterocycles. The Balaban J connectivity index is 1.73. The largest absolute Gasteiger partial charge is 0.748 e. The smallest absolute Gasteiger partial charge is 0.408 e. The van der Waals surface area contributed by atoms with Crippen molar-refractivity contribution in [3.63, 3.8) is 0 Å². The van der Waals surface area contributed by atoms with E-state index in [4.69, 9.17) is 0 Å². The van der Waals surface area contributed by atoms with Crippen molar-refractivity contribution in [3.05, 3.63) is 70.7 Å². The first kappa shape index (κ1) is 24.0. The third kappa shape index (κ3) is 6.69. The van der Waals surface area contributed by atoms with Crippen LogP contribution in [-0.4, -0.2) is 25.3 Å². The Morgan fingerprint density at radius 2 is 1.84 bits per heavy atom. The van der Waals surface area contributed by atoms with Crippen molar-refractivity contribution >= 4 is 38.0 Å². The third-order valence-corrected chi connectivity index (χ3v) is 6.91. The van der Waals surface area contributed by atoms with Crippen LogP contribution in [0.3, 0.4) is 0 Å². The summed E-state index contributed by atoms with van der Waals surface area (Å²) in [6.07, 6.45) is 0.249. The van der Waals surface area contributed by atoms with Crippen molar-refractivity contribution in [1.29, 1.82) is 0 Å². The molecule has 32 heavy (non-hydrogen) atoms. The minimum absolute atomic E-state index is 0.249. The van der Waals surface area contributed by atoms with Crippen molar-refractivity contribution < 1.29 is 17.5 Å². The molecule has 0 saturated carbocycles. The first-order valence-corrected chi connectivity index (χ1v) is 13.0. The Kier molecular flexibility index (Phi) is 8.11. The van der Waals surface area contributed by atoms with Crippen LogP contribution < -0.4 is 9.47 Å². The summed E-state index contributed by atoms with van der Waals surface area (Å²) in [6.45, 7) is 8.22. The van der Waals surface area contributed by atoms with E-state index in [0.29, 0.717) is 11.7 Å². The van der Waals surface area contributed by atoms with Crippen LogP contribution in [0.4, 0.5) is 16.5 Å². The van der Waals surface area contributed by atoms with Crippen molar-refractivity contribution in [3.8, 4) is 0 Å². The van der Waals surface area contributed by atoms with Crippen LogP contribution >= 0.6 is 11.3 Å². The second kappa shape index (κ2) is 10.8. The molecule has 0 aliphatic heterocycles. The molecule has 170 valence electrons. The van der Waals surface area contributed by atoms with Gasteiger partial charge in [-0.05, 0) is 73.0 Å².